The van der Waals surface area contributed by atoms with Crippen LogP contribution in [0.4, 0.5) is 0 Å². The number of allylic oxidation sites excluding steroid dienone is 1. The smallest absolute Gasteiger partial charge is 0.255 e. The van der Waals surface area contributed by atoms with Crippen molar-refractivity contribution in [3.8, 4) is 11.5 Å². The molecule has 0 radical (unpaired) electrons. The number of rotatable bonds is 14. The van der Waals surface area contributed by atoms with Crippen LogP contribution in [-0.4, -0.2) is 88.8 Å². The fraction of sp³-hybridized carbons (Fsp3) is 0.348. The van der Waals surface area contributed by atoms with Gasteiger partial charge in [-0.2, -0.15) is 0 Å². The highest BCUT2D eigenvalue weighted by Gasteiger charge is 2.39. The number of fused-ring (bicyclic) bond motifs is 1. The Hall–Kier alpha value is -5.74. The summed E-state index contributed by atoms with van der Waals surface area (Å²) in [6.07, 6.45) is 4.44. The minimum absolute atomic E-state index is 0.163. The van der Waals surface area contributed by atoms with Crippen LogP contribution in [0.1, 0.15) is 83.6 Å². The standard InChI is InChI=1S/C46H50N4O6/c1-2-39(33-9-4-3-5-10-33)44(34-13-17-37(51)18-14-34)35-15-19-38(20-16-35)56-29-28-48-24-26-49(27-25-48)43(53)11-7-6-8-32-12-21-40-36(30-32)31-50(46(40)55)41-22-23-42(52)47-45(41)54/h3-5,9-10,12-21,30,41,51H,2,6-8,11,22-29,31H2,1H3,(H,47,52,54)/b44-39-. The molecule has 2 saturated heterocycles. The van der Waals surface area contributed by atoms with Crippen LogP contribution in [0.2, 0.25) is 0 Å². The average Bonchev–Trinajstić information content (AvgIpc) is 3.54. The Bertz CT molecular complexity index is 2070. The molecule has 3 heterocycles. The van der Waals surface area contributed by atoms with Gasteiger partial charge in [0.25, 0.3) is 5.91 Å². The van der Waals surface area contributed by atoms with Crippen LogP contribution >= 0.6 is 0 Å². The fourth-order valence-electron chi connectivity index (χ4n) is 8.09. The van der Waals surface area contributed by atoms with Crippen molar-refractivity contribution >= 4 is 34.8 Å². The van der Waals surface area contributed by atoms with E-state index in [-0.39, 0.29) is 29.9 Å². The van der Waals surface area contributed by atoms with E-state index in [0.717, 1.165) is 78.9 Å². The first-order chi connectivity index (χ1) is 27.3. The van der Waals surface area contributed by atoms with Gasteiger partial charge in [0.1, 0.15) is 24.1 Å². The number of amides is 4. The summed E-state index contributed by atoms with van der Waals surface area (Å²) in [6.45, 7) is 6.94. The number of aromatic hydroxyl groups is 1. The molecule has 3 aliphatic rings. The second-order valence-corrected chi connectivity index (χ2v) is 14.8. The molecule has 0 aliphatic carbocycles. The molecule has 3 aliphatic heterocycles. The summed E-state index contributed by atoms with van der Waals surface area (Å²) < 4.78 is 6.17. The Morgan fingerprint density at radius 1 is 0.839 bits per heavy atom. The van der Waals surface area contributed by atoms with Gasteiger partial charge in [-0.1, -0.05) is 73.7 Å². The lowest BCUT2D eigenvalue weighted by Crippen LogP contribution is -2.52. The zero-order valence-corrected chi connectivity index (χ0v) is 32.0. The molecule has 0 saturated carbocycles. The highest BCUT2D eigenvalue weighted by molar-refractivity contribution is 6.05. The molecular formula is C46H50N4O6. The first kappa shape index (κ1) is 38.5. The summed E-state index contributed by atoms with van der Waals surface area (Å²) in [5.74, 6) is 0.394. The highest BCUT2D eigenvalue weighted by Crippen LogP contribution is 2.36. The van der Waals surface area contributed by atoms with E-state index in [0.29, 0.717) is 44.6 Å². The zero-order chi connectivity index (χ0) is 39.0. The molecule has 10 heteroatoms. The maximum absolute atomic E-state index is 13.0. The molecule has 56 heavy (non-hydrogen) atoms. The molecule has 10 nitrogen and oxygen atoms in total. The number of piperidine rings is 1. The molecule has 4 amide bonds. The number of nitrogens with zero attached hydrogens (tertiary/aromatic N) is 3. The van der Waals surface area contributed by atoms with Crippen molar-refractivity contribution in [3.63, 3.8) is 0 Å². The second-order valence-electron chi connectivity index (χ2n) is 14.8. The largest absolute Gasteiger partial charge is 0.508 e. The van der Waals surface area contributed by atoms with Crippen LogP contribution < -0.4 is 10.1 Å². The van der Waals surface area contributed by atoms with E-state index in [1.807, 2.05) is 53.4 Å². The third-order valence-electron chi connectivity index (χ3n) is 11.2. The summed E-state index contributed by atoms with van der Waals surface area (Å²) in [4.78, 5) is 55.8. The van der Waals surface area contributed by atoms with Gasteiger partial charge in [0, 0.05) is 57.7 Å². The molecule has 0 bridgehead atoms. The molecule has 4 aromatic carbocycles. The number of hydrogen-bond acceptors (Lipinski definition) is 7. The van der Waals surface area contributed by atoms with Crippen LogP contribution in [-0.2, 0) is 27.3 Å². The van der Waals surface area contributed by atoms with Gasteiger partial charge in [0.05, 0.1) is 0 Å². The van der Waals surface area contributed by atoms with Gasteiger partial charge >= 0.3 is 0 Å². The van der Waals surface area contributed by atoms with Crippen LogP contribution in [0, 0.1) is 0 Å². The quantitative estimate of drug-likeness (QED) is 0.0863. The number of carbonyl (C=O) groups is 4. The van der Waals surface area contributed by atoms with Crippen molar-refractivity contribution in [3.05, 3.63) is 130 Å². The van der Waals surface area contributed by atoms with Crippen molar-refractivity contribution in [2.75, 3.05) is 39.3 Å². The summed E-state index contributed by atoms with van der Waals surface area (Å²) >= 11 is 0. The molecule has 2 fully saturated rings. The van der Waals surface area contributed by atoms with E-state index >= 15 is 0 Å². The van der Waals surface area contributed by atoms with E-state index in [1.54, 1.807) is 17.0 Å². The summed E-state index contributed by atoms with van der Waals surface area (Å²) in [7, 11) is 0. The molecule has 290 valence electrons. The molecule has 0 spiro atoms. The first-order valence-electron chi connectivity index (χ1n) is 19.8. The van der Waals surface area contributed by atoms with Crippen LogP contribution in [0.25, 0.3) is 11.1 Å². The topological polar surface area (TPSA) is 119 Å². The van der Waals surface area contributed by atoms with Gasteiger partial charge in [-0.25, -0.2) is 0 Å². The number of benzene rings is 4. The number of phenolic OH excluding ortho intramolecular Hbond substituents is 1. The summed E-state index contributed by atoms with van der Waals surface area (Å²) in [5.41, 5.74) is 8.33. The predicted molar refractivity (Wildman–Crippen MR) is 216 cm³/mol. The SMILES string of the molecule is CC/C(=C(\c1ccc(O)cc1)c1ccc(OCCN2CCN(C(=O)CCCCc3ccc4c(c3)CN(C3CCC(=O)NC3=O)C4=O)CC2)cc1)c1ccccc1. The van der Waals surface area contributed by atoms with Gasteiger partial charge in [-0.05, 0) is 101 Å². The number of piperazine rings is 1. The molecular weight excluding hydrogens is 705 g/mol. The van der Waals surface area contributed by atoms with E-state index in [4.69, 9.17) is 4.74 Å². The van der Waals surface area contributed by atoms with E-state index in [2.05, 4.69) is 53.5 Å². The Morgan fingerprint density at radius 2 is 1.55 bits per heavy atom. The number of unbranched alkanes of at least 4 members (excludes halogenated alkanes) is 1. The molecule has 0 aromatic heterocycles. The van der Waals surface area contributed by atoms with Gasteiger partial charge in [-0.3, -0.25) is 29.4 Å². The van der Waals surface area contributed by atoms with E-state index < -0.39 is 11.9 Å². The number of hydrogen-bond donors (Lipinski definition) is 2. The van der Waals surface area contributed by atoms with Crippen molar-refractivity contribution in [1.82, 2.24) is 20.0 Å². The van der Waals surface area contributed by atoms with Gasteiger partial charge in [0.2, 0.25) is 17.7 Å². The molecule has 1 unspecified atom stereocenters. The van der Waals surface area contributed by atoms with Gasteiger partial charge in [-0.15, -0.1) is 0 Å². The number of aryl methyl sites for hydroxylation is 1. The molecule has 2 N–H and O–H groups in total. The van der Waals surface area contributed by atoms with E-state index in [9.17, 15) is 24.3 Å². The number of carbonyl (C=O) groups excluding carboxylic acids is 4. The van der Waals surface area contributed by atoms with E-state index in [1.165, 1.54) is 11.1 Å². The molecule has 4 aromatic rings. The third-order valence-corrected chi connectivity index (χ3v) is 11.2. The summed E-state index contributed by atoms with van der Waals surface area (Å²) in [6, 6.07) is 31.3. The van der Waals surface area contributed by atoms with Crippen LogP contribution in [0.3, 0.4) is 0 Å². The van der Waals surface area contributed by atoms with Crippen molar-refractivity contribution in [2.24, 2.45) is 0 Å². The predicted octanol–water partition coefficient (Wildman–Crippen LogP) is 6.46. The first-order valence-corrected chi connectivity index (χ1v) is 19.8. The Balaban J connectivity index is 0.832. The fourth-order valence-corrected chi connectivity index (χ4v) is 8.09. The Kier molecular flexibility index (Phi) is 12.3. The van der Waals surface area contributed by atoms with Gasteiger partial charge < -0.3 is 19.6 Å². The maximum atomic E-state index is 13.0. The monoisotopic (exact) mass is 754 g/mol. The Morgan fingerprint density at radius 3 is 2.25 bits per heavy atom. The van der Waals surface area contributed by atoms with Crippen LogP contribution in [0.15, 0.2) is 97.1 Å². The minimum Gasteiger partial charge on any atom is -0.508 e. The second kappa shape index (κ2) is 17.8. The lowest BCUT2D eigenvalue weighted by molar-refractivity contribution is -0.137. The van der Waals surface area contributed by atoms with Crippen LogP contribution in [0.5, 0.6) is 11.5 Å². The number of ether oxygens (including phenoxy) is 1. The summed E-state index contributed by atoms with van der Waals surface area (Å²) in [5, 5.41) is 12.3. The lowest BCUT2D eigenvalue weighted by Gasteiger charge is -2.34. The van der Waals surface area contributed by atoms with Crippen molar-refractivity contribution < 1.29 is 29.0 Å². The number of phenols is 1. The average molecular weight is 755 g/mol. The maximum Gasteiger partial charge on any atom is 0.255 e. The lowest BCUT2D eigenvalue weighted by atomic mass is 9.88. The van der Waals surface area contributed by atoms with Crippen molar-refractivity contribution in [1.29, 1.82) is 0 Å². The molecule has 7 rings (SSSR count). The highest BCUT2D eigenvalue weighted by atomic mass is 16.5. The third kappa shape index (κ3) is 9.03. The van der Waals surface area contributed by atoms with Gasteiger partial charge in [0.15, 0.2) is 0 Å². The molecule has 1 atom stereocenters. The normalized spacial score (nSPS) is 17.7. The van der Waals surface area contributed by atoms with Crippen molar-refractivity contribution in [2.45, 2.75) is 64.5 Å². The number of nitrogens with one attached hydrogen (secondary N) is 1. The Labute approximate surface area is 328 Å². The zero-order valence-electron chi connectivity index (χ0n) is 32.0. The minimum atomic E-state index is -0.614. The number of imide groups is 1.